The molecule has 0 bridgehead atoms. The molecule has 1 amide bonds. The Bertz CT molecular complexity index is 1080. The molecule has 1 saturated heterocycles. The maximum absolute atomic E-state index is 12.5. The summed E-state index contributed by atoms with van der Waals surface area (Å²) in [6.45, 7) is 4.09. The first kappa shape index (κ1) is 20.4. The van der Waals surface area contributed by atoms with E-state index in [1.165, 1.54) is 29.2 Å². The van der Waals surface area contributed by atoms with Crippen LogP contribution in [0.2, 0.25) is 0 Å². The first-order valence-corrected chi connectivity index (χ1v) is 10.1. The number of non-ortho nitro benzene ring substituents is 1. The molecule has 1 aliphatic heterocycles. The van der Waals surface area contributed by atoms with Crippen LogP contribution in [0.15, 0.2) is 60.7 Å². The molecule has 4 rings (SSSR count). The Morgan fingerprint density at radius 3 is 2.45 bits per heavy atom. The fourth-order valence-electron chi connectivity index (χ4n) is 3.46. The average Bonchev–Trinajstić information content (AvgIpc) is 2.80. The number of piperazine rings is 1. The predicted octanol–water partition coefficient (Wildman–Crippen LogP) is 1.64. The van der Waals surface area contributed by atoms with Crippen LogP contribution in [-0.4, -0.2) is 54.3 Å². The van der Waals surface area contributed by atoms with Gasteiger partial charge in [-0.1, -0.05) is 12.1 Å². The minimum atomic E-state index is -0.498. The lowest BCUT2D eigenvalue weighted by Crippen LogP contribution is -3.12. The van der Waals surface area contributed by atoms with Crippen molar-refractivity contribution in [3.8, 4) is 11.3 Å². The second-order valence-corrected chi connectivity index (χ2v) is 7.56. The van der Waals surface area contributed by atoms with E-state index in [4.69, 9.17) is 0 Å². The number of anilines is 2. The number of benzene rings is 2. The molecule has 0 saturated carbocycles. The molecular weight excluding hydrogens is 396 g/mol. The van der Waals surface area contributed by atoms with Crippen LogP contribution in [0.25, 0.3) is 11.3 Å². The summed E-state index contributed by atoms with van der Waals surface area (Å²) in [7, 11) is 2.19. The molecule has 3 aromatic rings. The smallest absolute Gasteiger partial charge is 0.269 e. The number of amides is 1. The molecule has 0 unspecified atom stereocenters. The highest BCUT2D eigenvalue weighted by molar-refractivity contribution is 6.04. The quantitative estimate of drug-likeness (QED) is 0.481. The van der Waals surface area contributed by atoms with Gasteiger partial charge in [-0.2, -0.15) is 0 Å². The Hall–Kier alpha value is -3.85. The predicted molar refractivity (Wildman–Crippen MR) is 117 cm³/mol. The topological polar surface area (TPSA) is 106 Å². The number of carbonyl (C=O) groups is 1. The summed E-state index contributed by atoms with van der Waals surface area (Å²) in [5.74, 6) is 0.532. The molecule has 158 valence electrons. The summed E-state index contributed by atoms with van der Waals surface area (Å²) in [4.78, 5) is 26.5. The lowest BCUT2D eigenvalue weighted by atomic mass is 10.1. The zero-order chi connectivity index (χ0) is 21.8. The lowest BCUT2D eigenvalue weighted by Gasteiger charge is -2.30. The summed E-state index contributed by atoms with van der Waals surface area (Å²) in [5, 5.41) is 22.3. The Morgan fingerprint density at radius 2 is 1.81 bits per heavy atom. The number of likely N-dealkylation sites (N-methyl/N-ethyl adjacent to an activating group) is 1. The van der Waals surface area contributed by atoms with Crippen molar-refractivity contribution in [1.29, 1.82) is 0 Å². The van der Waals surface area contributed by atoms with Crippen LogP contribution in [0, 0.1) is 10.1 Å². The summed E-state index contributed by atoms with van der Waals surface area (Å²) in [6, 6.07) is 16.7. The molecule has 2 aromatic carbocycles. The third kappa shape index (κ3) is 4.84. The van der Waals surface area contributed by atoms with E-state index in [9.17, 15) is 14.9 Å². The van der Waals surface area contributed by atoms with Gasteiger partial charge in [0, 0.05) is 28.9 Å². The van der Waals surface area contributed by atoms with E-state index in [1.54, 1.807) is 6.07 Å². The van der Waals surface area contributed by atoms with E-state index in [-0.39, 0.29) is 11.6 Å². The van der Waals surface area contributed by atoms with Gasteiger partial charge in [-0.05, 0) is 36.4 Å². The van der Waals surface area contributed by atoms with Gasteiger partial charge < -0.3 is 15.1 Å². The molecule has 2 heterocycles. The van der Waals surface area contributed by atoms with E-state index in [0.29, 0.717) is 11.3 Å². The van der Waals surface area contributed by atoms with Crippen molar-refractivity contribution in [1.82, 2.24) is 10.2 Å². The highest BCUT2D eigenvalue weighted by Gasteiger charge is 2.18. The maximum Gasteiger partial charge on any atom is 0.269 e. The van der Waals surface area contributed by atoms with Crippen LogP contribution in [0.5, 0.6) is 0 Å². The maximum atomic E-state index is 12.5. The Kier molecular flexibility index (Phi) is 5.85. The third-order valence-corrected chi connectivity index (χ3v) is 5.35. The van der Waals surface area contributed by atoms with Crippen molar-refractivity contribution in [2.45, 2.75) is 0 Å². The fourth-order valence-corrected chi connectivity index (χ4v) is 3.46. The minimum absolute atomic E-state index is 0.0570. The van der Waals surface area contributed by atoms with Gasteiger partial charge in [-0.25, -0.2) is 0 Å². The summed E-state index contributed by atoms with van der Waals surface area (Å²) < 4.78 is 0. The number of nitro groups is 1. The Balaban J connectivity index is 1.45. The molecule has 1 aliphatic rings. The SMILES string of the molecule is C[NH+]1CCN(c2ccc(-c3cccc(NC(=O)c4ccc([N+](=O)[O-])cc4)c3)nn2)CC1. The molecule has 0 radical (unpaired) electrons. The average molecular weight is 419 g/mol. The zero-order valence-corrected chi connectivity index (χ0v) is 17.1. The van der Waals surface area contributed by atoms with Crippen LogP contribution in [0.1, 0.15) is 10.4 Å². The van der Waals surface area contributed by atoms with Crippen LogP contribution in [0.4, 0.5) is 17.2 Å². The Morgan fingerprint density at radius 1 is 1.06 bits per heavy atom. The number of nitrogens with zero attached hydrogens (tertiary/aromatic N) is 4. The minimum Gasteiger partial charge on any atom is -0.344 e. The monoisotopic (exact) mass is 419 g/mol. The van der Waals surface area contributed by atoms with Gasteiger partial charge in [0.1, 0.15) is 0 Å². The molecule has 0 atom stereocenters. The number of hydrogen-bond donors (Lipinski definition) is 2. The number of nitro benzene ring substituents is 1. The molecule has 31 heavy (non-hydrogen) atoms. The molecule has 9 nitrogen and oxygen atoms in total. The molecule has 1 aromatic heterocycles. The van der Waals surface area contributed by atoms with E-state index >= 15 is 0 Å². The molecule has 0 aliphatic carbocycles. The van der Waals surface area contributed by atoms with Gasteiger partial charge in [-0.15, -0.1) is 10.2 Å². The second kappa shape index (κ2) is 8.88. The van der Waals surface area contributed by atoms with E-state index in [1.807, 2.05) is 30.3 Å². The highest BCUT2D eigenvalue weighted by Crippen LogP contribution is 2.22. The summed E-state index contributed by atoms with van der Waals surface area (Å²) in [5.41, 5.74) is 2.44. The molecule has 0 spiro atoms. The van der Waals surface area contributed by atoms with Gasteiger partial charge in [0.2, 0.25) is 0 Å². The van der Waals surface area contributed by atoms with Gasteiger partial charge >= 0.3 is 0 Å². The molecule has 9 heteroatoms. The van der Waals surface area contributed by atoms with Gasteiger partial charge in [-0.3, -0.25) is 14.9 Å². The highest BCUT2D eigenvalue weighted by atomic mass is 16.6. The number of quaternary nitrogens is 1. The van der Waals surface area contributed by atoms with E-state index in [2.05, 4.69) is 27.5 Å². The van der Waals surface area contributed by atoms with E-state index in [0.717, 1.165) is 43.3 Å². The van der Waals surface area contributed by atoms with Crippen molar-refractivity contribution >= 4 is 23.1 Å². The summed E-state index contributed by atoms with van der Waals surface area (Å²) in [6.07, 6.45) is 0. The number of hydrogen-bond acceptors (Lipinski definition) is 6. The Labute approximate surface area is 179 Å². The van der Waals surface area contributed by atoms with Crippen molar-refractivity contribution in [3.05, 3.63) is 76.3 Å². The van der Waals surface area contributed by atoms with Crippen molar-refractivity contribution < 1.29 is 14.6 Å². The number of rotatable bonds is 5. The van der Waals surface area contributed by atoms with Gasteiger partial charge in [0.25, 0.3) is 11.6 Å². The van der Waals surface area contributed by atoms with Crippen molar-refractivity contribution in [2.24, 2.45) is 0 Å². The number of aromatic nitrogens is 2. The van der Waals surface area contributed by atoms with Gasteiger partial charge in [0.15, 0.2) is 5.82 Å². The number of nitrogens with one attached hydrogen (secondary N) is 2. The lowest BCUT2D eigenvalue weighted by molar-refractivity contribution is -0.880. The molecule has 1 fully saturated rings. The van der Waals surface area contributed by atoms with Gasteiger partial charge in [0.05, 0.1) is 43.8 Å². The first-order valence-electron chi connectivity index (χ1n) is 10.1. The summed E-state index contributed by atoms with van der Waals surface area (Å²) >= 11 is 0. The van der Waals surface area contributed by atoms with Crippen LogP contribution in [-0.2, 0) is 0 Å². The molecule has 2 N–H and O–H groups in total. The van der Waals surface area contributed by atoms with Crippen molar-refractivity contribution in [2.75, 3.05) is 43.4 Å². The second-order valence-electron chi connectivity index (χ2n) is 7.56. The van der Waals surface area contributed by atoms with Crippen LogP contribution < -0.4 is 15.1 Å². The fraction of sp³-hybridized carbons (Fsp3) is 0.227. The first-order chi connectivity index (χ1) is 15.0. The van der Waals surface area contributed by atoms with Crippen LogP contribution in [0.3, 0.4) is 0 Å². The normalized spacial score (nSPS) is 14.3. The van der Waals surface area contributed by atoms with Crippen LogP contribution >= 0.6 is 0 Å². The zero-order valence-electron chi connectivity index (χ0n) is 17.1. The number of carbonyl (C=O) groups excluding carboxylic acids is 1. The third-order valence-electron chi connectivity index (χ3n) is 5.35. The largest absolute Gasteiger partial charge is 0.344 e. The van der Waals surface area contributed by atoms with Crippen molar-refractivity contribution in [3.63, 3.8) is 0 Å². The standard InChI is InChI=1S/C22H22N6O3/c1-26-11-13-27(14-12-26)21-10-9-20(24-25-21)17-3-2-4-18(15-17)23-22(29)16-5-7-19(8-6-16)28(30)31/h2-10,15H,11-14H2,1H3,(H,23,29)/p+1. The van der Waals surface area contributed by atoms with E-state index < -0.39 is 4.92 Å². The molecular formula is C22H23N6O3+.